The molecule has 0 nitrogen and oxygen atoms in total. The minimum atomic E-state index is 1.12. The van der Waals surface area contributed by atoms with Crippen LogP contribution >= 0.6 is 23.5 Å². The first-order valence-corrected chi connectivity index (χ1v) is 6.03. The van der Waals surface area contributed by atoms with E-state index in [0.717, 1.165) is 11.5 Å². The van der Waals surface area contributed by atoms with Crippen LogP contribution in [0.25, 0.3) is 0 Å². The molecule has 62 valence electrons. The molecular formula is C10H10S2. The highest BCUT2D eigenvalue weighted by Gasteiger charge is 2.03. The van der Waals surface area contributed by atoms with E-state index in [1.54, 1.807) is 0 Å². The number of hydrogen-bond acceptors (Lipinski definition) is 2. The molecule has 2 aliphatic rings. The Morgan fingerprint density at radius 3 is 1.67 bits per heavy atom. The fourth-order valence-corrected chi connectivity index (χ4v) is 2.54. The first-order valence-electron chi connectivity index (χ1n) is 3.94. The standard InChI is InChI=1S/C10H10S2/c1-3-9(7-11-5-1)10-4-2-6-12-8-10/h1-4,7-8H,5-6H2. The van der Waals surface area contributed by atoms with Gasteiger partial charge in [-0.3, -0.25) is 0 Å². The number of allylic oxidation sites excluding steroid dienone is 4. The minimum Gasteiger partial charge on any atom is -0.129 e. The van der Waals surface area contributed by atoms with Crippen LogP contribution in [0.15, 0.2) is 46.3 Å². The van der Waals surface area contributed by atoms with Gasteiger partial charge in [-0.25, -0.2) is 0 Å². The summed E-state index contributed by atoms with van der Waals surface area (Å²) in [5, 5.41) is 4.48. The van der Waals surface area contributed by atoms with Crippen LogP contribution in [0.5, 0.6) is 0 Å². The number of rotatable bonds is 1. The topological polar surface area (TPSA) is 0 Å². The largest absolute Gasteiger partial charge is 0.129 e. The summed E-state index contributed by atoms with van der Waals surface area (Å²) in [4.78, 5) is 0. The van der Waals surface area contributed by atoms with Crippen LogP contribution < -0.4 is 0 Å². The van der Waals surface area contributed by atoms with Crippen LogP contribution in [-0.2, 0) is 0 Å². The summed E-state index contributed by atoms with van der Waals surface area (Å²) in [6, 6.07) is 0. The second kappa shape index (κ2) is 4.06. The van der Waals surface area contributed by atoms with E-state index < -0.39 is 0 Å². The molecule has 0 spiro atoms. The quantitative estimate of drug-likeness (QED) is 0.628. The van der Waals surface area contributed by atoms with Crippen LogP contribution in [0.3, 0.4) is 0 Å². The van der Waals surface area contributed by atoms with Gasteiger partial charge in [-0.2, -0.15) is 0 Å². The molecule has 2 rings (SSSR count). The fourth-order valence-electron chi connectivity index (χ4n) is 1.14. The molecule has 0 aliphatic carbocycles. The van der Waals surface area contributed by atoms with E-state index in [9.17, 15) is 0 Å². The van der Waals surface area contributed by atoms with Crippen molar-refractivity contribution < 1.29 is 0 Å². The van der Waals surface area contributed by atoms with E-state index in [1.165, 1.54) is 11.1 Å². The molecule has 0 fully saturated rings. The second-order valence-electron chi connectivity index (χ2n) is 2.62. The Bertz CT molecular complexity index is 252. The van der Waals surface area contributed by atoms with Crippen molar-refractivity contribution in [1.82, 2.24) is 0 Å². The van der Waals surface area contributed by atoms with E-state index in [4.69, 9.17) is 0 Å². The third-order valence-electron chi connectivity index (χ3n) is 1.73. The van der Waals surface area contributed by atoms with E-state index in [0.29, 0.717) is 0 Å². The van der Waals surface area contributed by atoms with Crippen LogP contribution in [0.2, 0.25) is 0 Å². The van der Waals surface area contributed by atoms with Gasteiger partial charge in [0.2, 0.25) is 0 Å². The Balaban J connectivity index is 2.18. The predicted molar refractivity (Wildman–Crippen MR) is 59.4 cm³/mol. The lowest BCUT2D eigenvalue weighted by atomic mass is 10.1. The lowest BCUT2D eigenvalue weighted by Gasteiger charge is -2.09. The lowest BCUT2D eigenvalue weighted by Crippen LogP contribution is -1.89. The summed E-state index contributed by atoms with van der Waals surface area (Å²) in [5.74, 6) is 2.24. The van der Waals surface area contributed by atoms with Crippen molar-refractivity contribution in [3.05, 3.63) is 46.3 Å². The van der Waals surface area contributed by atoms with Crippen molar-refractivity contribution in [3.8, 4) is 0 Å². The molecule has 0 aromatic heterocycles. The molecule has 0 aromatic rings. The molecule has 0 bridgehead atoms. The van der Waals surface area contributed by atoms with Crippen molar-refractivity contribution in [2.75, 3.05) is 11.5 Å². The number of hydrogen-bond donors (Lipinski definition) is 0. The normalized spacial score (nSPS) is 22.0. The van der Waals surface area contributed by atoms with Crippen LogP contribution in [0, 0.1) is 0 Å². The minimum absolute atomic E-state index is 1.12. The van der Waals surface area contributed by atoms with Crippen LogP contribution in [0.4, 0.5) is 0 Å². The molecule has 0 saturated carbocycles. The molecule has 0 radical (unpaired) electrons. The van der Waals surface area contributed by atoms with E-state index in [2.05, 4.69) is 35.1 Å². The summed E-state index contributed by atoms with van der Waals surface area (Å²) in [7, 11) is 0. The van der Waals surface area contributed by atoms with Crippen molar-refractivity contribution in [2.24, 2.45) is 0 Å². The van der Waals surface area contributed by atoms with Gasteiger partial charge >= 0.3 is 0 Å². The molecule has 2 heterocycles. The molecule has 2 aliphatic heterocycles. The van der Waals surface area contributed by atoms with Crippen molar-refractivity contribution in [2.45, 2.75) is 0 Å². The highest BCUT2D eigenvalue weighted by molar-refractivity contribution is 8.02. The summed E-state index contributed by atoms with van der Waals surface area (Å²) < 4.78 is 0. The summed E-state index contributed by atoms with van der Waals surface area (Å²) in [6.45, 7) is 0. The lowest BCUT2D eigenvalue weighted by molar-refractivity contribution is 1.52. The van der Waals surface area contributed by atoms with Gasteiger partial charge in [0, 0.05) is 11.5 Å². The first-order chi connectivity index (χ1) is 5.97. The Hall–Kier alpha value is -0.340. The van der Waals surface area contributed by atoms with Gasteiger partial charge in [-0.05, 0) is 22.0 Å². The Labute approximate surface area is 81.5 Å². The SMILES string of the molecule is C1=CC(C2=CSCC=C2)=CSC1. The molecule has 0 unspecified atom stereocenters. The Kier molecular flexibility index (Phi) is 2.79. The maximum absolute atomic E-state index is 2.24. The van der Waals surface area contributed by atoms with Gasteiger partial charge < -0.3 is 0 Å². The van der Waals surface area contributed by atoms with E-state index in [1.807, 2.05) is 23.5 Å². The van der Waals surface area contributed by atoms with Crippen molar-refractivity contribution in [1.29, 1.82) is 0 Å². The Morgan fingerprint density at radius 1 is 0.833 bits per heavy atom. The van der Waals surface area contributed by atoms with Crippen molar-refractivity contribution in [3.63, 3.8) is 0 Å². The maximum atomic E-state index is 2.24. The van der Waals surface area contributed by atoms with Gasteiger partial charge in [0.15, 0.2) is 0 Å². The van der Waals surface area contributed by atoms with Gasteiger partial charge in [-0.15, -0.1) is 23.5 Å². The van der Waals surface area contributed by atoms with Crippen LogP contribution in [0.1, 0.15) is 0 Å². The molecular weight excluding hydrogens is 184 g/mol. The van der Waals surface area contributed by atoms with Crippen LogP contribution in [-0.4, -0.2) is 11.5 Å². The molecule has 12 heavy (non-hydrogen) atoms. The van der Waals surface area contributed by atoms with Gasteiger partial charge in [0.05, 0.1) is 0 Å². The van der Waals surface area contributed by atoms with Gasteiger partial charge in [0.1, 0.15) is 0 Å². The monoisotopic (exact) mass is 194 g/mol. The zero-order chi connectivity index (χ0) is 8.23. The first kappa shape index (κ1) is 8.27. The second-order valence-corrected chi connectivity index (χ2v) is 4.42. The molecule has 2 heteroatoms. The fraction of sp³-hybridized carbons (Fsp3) is 0.200. The zero-order valence-corrected chi connectivity index (χ0v) is 8.33. The molecule has 0 N–H and O–H groups in total. The van der Waals surface area contributed by atoms with Gasteiger partial charge in [-0.1, -0.05) is 24.3 Å². The molecule has 0 amide bonds. The summed E-state index contributed by atoms with van der Waals surface area (Å²) in [5.41, 5.74) is 2.71. The average Bonchev–Trinajstić information content (AvgIpc) is 2.21. The summed E-state index contributed by atoms with van der Waals surface area (Å²) >= 11 is 3.73. The predicted octanol–water partition coefficient (Wildman–Crippen LogP) is 3.36. The molecule has 0 aromatic carbocycles. The summed E-state index contributed by atoms with van der Waals surface area (Å²) in [6.07, 6.45) is 8.85. The highest BCUT2D eigenvalue weighted by Crippen LogP contribution is 2.26. The van der Waals surface area contributed by atoms with E-state index in [-0.39, 0.29) is 0 Å². The highest BCUT2D eigenvalue weighted by atomic mass is 32.2. The maximum Gasteiger partial charge on any atom is 0.0158 e. The van der Waals surface area contributed by atoms with E-state index >= 15 is 0 Å². The zero-order valence-electron chi connectivity index (χ0n) is 6.69. The third-order valence-corrected chi connectivity index (χ3v) is 3.34. The smallest absolute Gasteiger partial charge is 0.0158 e. The Morgan fingerprint density at radius 2 is 1.33 bits per heavy atom. The molecule has 0 saturated heterocycles. The third kappa shape index (κ3) is 1.87. The van der Waals surface area contributed by atoms with Crippen molar-refractivity contribution >= 4 is 23.5 Å². The van der Waals surface area contributed by atoms with Gasteiger partial charge in [0.25, 0.3) is 0 Å². The average molecular weight is 194 g/mol. The molecule has 0 atom stereocenters. The number of thioether (sulfide) groups is 2.